The number of imide groups is 1. The van der Waals surface area contributed by atoms with Crippen LogP contribution in [0.2, 0.25) is 0 Å². The molecular weight excluding hydrogens is 328 g/mol. The lowest BCUT2D eigenvalue weighted by atomic mass is 9.93. The van der Waals surface area contributed by atoms with E-state index in [1.54, 1.807) is 11.1 Å². The van der Waals surface area contributed by atoms with E-state index in [1.165, 1.54) is 0 Å². The highest BCUT2D eigenvalue weighted by atomic mass is 16.2. The van der Waals surface area contributed by atoms with Gasteiger partial charge in [0.1, 0.15) is 5.82 Å². The van der Waals surface area contributed by atoms with Gasteiger partial charge in [0.25, 0.3) is 0 Å². The largest absolute Gasteiger partial charge is 0.353 e. The highest BCUT2D eigenvalue weighted by Gasteiger charge is 2.25. The topological polar surface area (TPSA) is 65.5 Å². The predicted octanol–water partition coefficient (Wildman–Crippen LogP) is 3.29. The molecule has 26 heavy (non-hydrogen) atoms. The van der Waals surface area contributed by atoms with Crippen molar-refractivity contribution >= 4 is 17.8 Å². The van der Waals surface area contributed by atoms with Gasteiger partial charge in [-0.05, 0) is 30.9 Å². The molecular formula is C20H32N4O2. The van der Waals surface area contributed by atoms with E-state index in [1.807, 2.05) is 18.2 Å². The van der Waals surface area contributed by atoms with Crippen molar-refractivity contribution < 1.29 is 9.59 Å². The first-order valence-electron chi connectivity index (χ1n) is 9.77. The van der Waals surface area contributed by atoms with Gasteiger partial charge in [0.05, 0.1) is 0 Å². The summed E-state index contributed by atoms with van der Waals surface area (Å²) in [6, 6.07) is 5.57. The Hall–Kier alpha value is -2.11. The highest BCUT2D eigenvalue weighted by Crippen LogP contribution is 2.18. The van der Waals surface area contributed by atoms with Gasteiger partial charge in [-0.3, -0.25) is 10.1 Å². The average molecular weight is 361 g/mol. The molecule has 0 saturated carbocycles. The van der Waals surface area contributed by atoms with Crippen molar-refractivity contribution in [1.82, 2.24) is 15.2 Å². The summed E-state index contributed by atoms with van der Waals surface area (Å²) in [5.74, 6) is 1.31. The fourth-order valence-electron chi connectivity index (χ4n) is 3.26. The zero-order valence-electron chi connectivity index (χ0n) is 16.3. The lowest BCUT2D eigenvalue weighted by Crippen LogP contribution is -2.53. The molecule has 6 nitrogen and oxygen atoms in total. The molecule has 0 spiro atoms. The number of nitrogens with one attached hydrogen (secondary N) is 1. The van der Waals surface area contributed by atoms with Crippen molar-refractivity contribution in [2.45, 2.75) is 46.5 Å². The van der Waals surface area contributed by atoms with Crippen LogP contribution in [0, 0.1) is 11.8 Å². The third kappa shape index (κ3) is 6.00. The minimum Gasteiger partial charge on any atom is -0.353 e. The number of piperazine rings is 1. The van der Waals surface area contributed by atoms with Crippen LogP contribution in [-0.2, 0) is 4.79 Å². The summed E-state index contributed by atoms with van der Waals surface area (Å²) in [4.78, 5) is 33.2. The van der Waals surface area contributed by atoms with Crippen LogP contribution in [-0.4, -0.2) is 48.0 Å². The minimum absolute atomic E-state index is 0.0684. The van der Waals surface area contributed by atoms with E-state index in [4.69, 9.17) is 0 Å². The van der Waals surface area contributed by atoms with Crippen molar-refractivity contribution in [3.8, 4) is 0 Å². The SMILES string of the molecule is CCC[C@@H](CCC(C)C)C(=O)NC(=O)N1CCN(c2ccccn2)CC1. The van der Waals surface area contributed by atoms with E-state index in [0.717, 1.165) is 44.6 Å². The van der Waals surface area contributed by atoms with Crippen LogP contribution < -0.4 is 10.2 Å². The minimum atomic E-state index is -0.263. The van der Waals surface area contributed by atoms with Crippen molar-refractivity contribution in [3.05, 3.63) is 24.4 Å². The molecule has 1 N–H and O–H groups in total. The molecule has 6 heteroatoms. The van der Waals surface area contributed by atoms with Crippen LogP contribution in [0.3, 0.4) is 0 Å². The number of amides is 3. The first-order valence-corrected chi connectivity index (χ1v) is 9.77. The van der Waals surface area contributed by atoms with E-state index in [2.05, 4.69) is 36.0 Å². The summed E-state index contributed by atoms with van der Waals surface area (Å²) in [5, 5.41) is 2.63. The predicted molar refractivity (Wildman–Crippen MR) is 104 cm³/mol. The van der Waals surface area contributed by atoms with Gasteiger partial charge < -0.3 is 9.80 Å². The van der Waals surface area contributed by atoms with E-state index in [0.29, 0.717) is 19.0 Å². The van der Waals surface area contributed by atoms with Crippen LogP contribution >= 0.6 is 0 Å². The van der Waals surface area contributed by atoms with Gasteiger partial charge in [-0.2, -0.15) is 0 Å². The van der Waals surface area contributed by atoms with Gasteiger partial charge in [-0.1, -0.05) is 39.7 Å². The van der Waals surface area contributed by atoms with E-state index >= 15 is 0 Å². The molecule has 1 aliphatic rings. The Morgan fingerprint density at radius 3 is 2.42 bits per heavy atom. The summed E-state index contributed by atoms with van der Waals surface area (Å²) in [5.41, 5.74) is 0. The maximum atomic E-state index is 12.5. The quantitative estimate of drug-likeness (QED) is 0.810. The standard InChI is InChI=1S/C20H32N4O2/c1-4-7-17(10-9-16(2)3)19(25)22-20(26)24-14-12-23(13-15-24)18-8-5-6-11-21-18/h5-6,8,11,16-17H,4,7,9-10,12-15H2,1-3H3,(H,22,25,26)/t17-/m0/s1. The second-order valence-electron chi connectivity index (χ2n) is 7.41. The number of carbonyl (C=O) groups excluding carboxylic acids is 2. The Kier molecular flexibility index (Phi) is 7.88. The van der Waals surface area contributed by atoms with Gasteiger partial charge in [-0.15, -0.1) is 0 Å². The molecule has 1 fully saturated rings. The molecule has 0 bridgehead atoms. The molecule has 1 aromatic rings. The summed E-state index contributed by atoms with van der Waals surface area (Å²) in [6.07, 6.45) is 5.41. The molecule has 0 unspecified atom stereocenters. The molecule has 0 radical (unpaired) electrons. The number of rotatable bonds is 7. The van der Waals surface area contributed by atoms with Crippen molar-refractivity contribution in [2.75, 3.05) is 31.1 Å². The number of urea groups is 1. The molecule has 2 rings (SSSR count). The number of carbonyl (C=O) groups is 2. The number of hydrogen-bond acceptors (Lipinski definition) is 4. The zero-order chi connectivity index (χ0) is 18.9. The number of hydrogen-bond donors (Lipinski definition) is 1. The van der Waals surface area contributed by atoms with Gasteiger partial charge >= 0.3 is 6.03 Å². The fourth-order valence-corrected chi connectivity index (χ4v) is 3.26. The van der Waals surface area contributed by atoms with Crippen LogP contribution in [0.5, 0.6) is 0 Å². The average Bonchev–Trinajstić information content (AvgIpc) is 2.65. The molecule has 1 atom stereocenters. The monoisotopic (exact) mass is 360 g/mol. The number of anilines is 1. The summed E-state index contributed by atoms with van der Waals surface area (Å²) < 4.78 is 0. The third-order valence-electron chi connectivity index (χ3n) is 4.87. The highest BCUT2D eigenvalue weighted by molar-refractivity contribution is 5.95. The normalized spacial score (nSPS) is 15.8. The summed E-state index contributed by atoms with van der Waals surface area (Å²) in [7, 11) is 0. The Bertz CT molecular complexity index is 568. The Balaban J connectivity index is 1.82. The fraction of sp³-hybridized carbons (Fsp3) is 0.650. The van der Waals surface area contributed by atoms with E-state index in [-0.39, 0.29) is 17.9 Å². The molecule has 1 aliphatic heterocycles. The summed E-state index contributed by atoms with van der Waals surface area (Å²) in [6.45, 7) is 9.05. The number of aromatic nitrogens is 1. The first kappa shape index (κ1) is 20.2. The Morgan fingerprint density at radius 2 is 1.85 bits per heavy atom. The van der Waals surface area contributed by atoms with Crippen molar-refractivity contribution in [1.29, 1.82) is 0 Å². The van der Waals surface area contributed by atoms with E-state index < -0.39 is 0 Å². The summed E-state index contributed by atoms with van der Waals surface area (Å²) >= 11 is 0. The Labute approximate surface area is 157 Å². The number of nitrogens with zero attached hydrogens (tertiary/aromatic N) is 3. The molecule has 0 aliphatic carbocycles. The maximum Gasteiger partial charge on any atom is 0.324 e. The smallest absolute Gasteiger partial charge is 0.324 e. The second-order valence-corrected chi connectivity index (χ2v) is 7.41. The number of pyridine rings is 1. The maximum absolute atomic E-state index is 12.5. The van der Waals surface area contributed by atoms with Crippen molar-refractivity contribution in [2.24, 2.45) is 11.8 Å². The van der Waals surface area contributed by atoms with Crippen LogP contribution in [0.15, 0.2) is 24.4 Å². The van der Waals surface area contributed by atoms with Crippen LogP contribution in [0.1, 0.15) is 46.5 Å². The third-order valence-corrected chi connectivity index (χ3v) is 4.87. The van der Waals surface area contributed by atoms with Crippen molar-refractivity contribution in [3.63, 3.8) is 0 Å². The second kappa shape index (κ2) is 10.1. The first-order chi connectivity index (χ1) is 12.5. The molecule has 2 heterocycles. The molecule has 3 amide bonds. The Morgan fingerprint density at radius 1 is 1.12 bits per heavy atom. The van der Waals surface area contributed by atoms with Crippen LogP contribution in [0.25, 0.3) is 0 Å². The van der Waals surface area contributed by atoms with Gasteiger partial charge in [0.2, 0.25) is 5.91 Å². The molecule has 1 saturated heterocycles. The molecule has 1 aromatic heterocycles. The van der Waals surface area contributed by atoms with E-state index in [9.17, 15) is 9.59 Å². The lowest BCUT2D eigenvalue weighted by molar-refractivity contribution is -0.124. The van der Waals surface area contributed by atoms with Crippen LogP contribution in [0.4, 0.5) is 10.6 Å². The van der Waals surface area contributed by atoms with Gasteiger partial charge in [0, 0.05) is 38.3 Å². The zero-order valence-corrected chi connectivity index (χ0v) is 16.3. The molecule has 0 aromatic carbocycles. The lowest BCUT2D eigenvalue weighted by Gasteiger charge is -2.35. The molecule has 144 valence electrons. The van der Waals surface area contributed by atoms with Gasteiger partial charge in [0.15, 0.2) is 0 Å². The van der Waals surface area contributed by atoms with Gasteiger partial charge in [-0.25, -0.2) is 9.78 Å².